The molecule has 0 aliphatic carbocycles. The monoisotopic (exact) mass is 158 g/mol. The third-order valence-electron chi connectivity index (χ3n) is 1.19. The average Bonchev–Trinajstić information content (AvgIpc) is 2.08. The Kier molecular flexibility index (Phi) is 14.5. The van der Waals surface area contributed by atoms with Crippen LogP contribution in [-0.2, 0) is 0 Å². The van der Waals surface area contributed by atoms with E-state index in [0.29, 0.717) is 6.54 Å². The summed E-state index contributed by atoms with van der Waals surface area (Å²) in [6, 6.07) is 0. The highest BCUT2D eigenvalue weighted by atomic mass is 15.1. The van der Waals surface area contributed by atoms with Crippen molar-refractivity contribution in [2.45, 2.75) is 27.2 Å². The SMILES string of the molecule is C=CN(CCC)CCN.CC. The van der Waals surface area contributed by atoms with Crippen molar-refractivity contribution in [3.05, 3.63) is 12.8 Å². The van der Waals surface area contributed by atoms with Crippen LogP contribution in [-0.4, -0.2) is 24.5 Å². The largest absolute Gasteiger partial charge is 0.377 e. The van der Waals surface area contributed by atoms with E-state index in [2.05, 4.69) is 18.4 Å². The van der Waals surface area contributed by atoms with Crippen LogP contribution in [0.4, 0.5) is 0 Å². The van der Waals surface area contributed by atoms with Crippen molar-refractivity contribution >= 4 is 0 Å². The van der Waals surface area contributed by atoms with E-state index in [0.717, 1.165) is 19.5 Å². The fourth-order valence-electron chi connectivity index (χ4n) is 0.747. The smallest absolute Gasteiger partial charge is 0.0295 e. The molecule has 2 N–H and O–H groups in total. The van der Waals surface area contributed by atoms with Crippen LogP contribution in [0.3, 0.4) is 0 Å². The molecule has 0 amide bonds. The number of hydrogen-bond donors (Lipinski definition) is 1. The highest BCUT2D eigenvalue weighted by Gasteiger charge is 1.91. The van der Waals surface area contributed by atoms with E-state index in [1.54, 1.807) is 0 Å². The number of rotatable bonds is 5. The highest BCUT2D eigenvalue weighted by Crippen LogP contribution is 1.88. The lowest BCUT2D eigenvalue weighted by molar-refractivity contribution is 0.386. The molecule has 2 heteroatoms. The lowest BCUT2D eigenvalue weighted by atomic mass is 10.4. The Morgan fingerprint density at radius 1 is 1.36 bits per heavy atom. The molecule has 0 aromatic rings. The third kappa shape index (κ3) is 9.50. The van der Waals surface area contributed by atoms with Crippen molar-refractivity contribution in [2.75, 3.05) is 19.6 Å². The first-order valence-electron chi connectivity index (χ1n) is 4.41. The van der Waals surface area contributed by atoms with E-state index < -0.39 is 0 Å². The summed E-state index contributed by atoms with van der Waals surface area (Å²) in [5.41, 5.74) is 5.35. The Morgan fingerprint density at radius 3 is 2.18 bits per heavy atom. The first-order valence-corrected chi connectivity index (χ1v) is 4.41. The van der Waals surface area contributed by atoms with E-state index >= 15 is 0 Å². The molecule has 0 spiro atoms. The first-order chi connectivity index (χ1) is 5.35. The summed E-state index contributed by atoms with van der Waals surface area (Å²) in [6.45, 7) is 12.5. The summed E-state index contributed by atoms with van der Waals surface area (Å²) in [5, 5.41) is 0. The fourth-order valence-corrected chi connectivity index (χ4v) is 0.747. The fraction of sp³-hybridized carbons (Fsp3) is 0.778. The molecular weight excluding hydrogens is 136 g/mol. The topological polar surface area (TPSA) is 29.3 Å². The second-order valence-electron chi connectivity index (χ2n) is 2.01. The molecule has 0 aliphatic heterocycles. The minimum atomic E-state index is 0.714. The van der Waals surface area contributed by atoms with Crippen LogP contribution in [0.5, 0.6) is 0 Å². The molecule has 11 heavy (non-hydrogen) atoms. The van der Waals surface area contributed by atoms with Crippen LogP contribution in [0.25, 0.3) is 0 Å². The zero-order chi connectivity index (χ0) is 9.11. The van der Waals surface area contributed by atoms with Gasteiger partial charge in [0.05, 0.1) is 0 Å². The molecule has 0 aromatic heterocycles. The van der Waals surface area contributed by atoms with E-state index in [4.69, 9.17) is 5.73 Å². The molecule has 0 fully saturated rings. The van der Waals surface area contributed by atoms with E-state index in [1.165, 1.54) is 0 Å². The normalized spacial score (nSPS) is 8.00. The Labute approximate surface area is 71.1 Å². The third-order valence-corrected chi connectivity index (χ3v) is 1.19. The van der Waals surface area contributed by atoms with Crippen LogP contribution >= 0.6 is 0 Å². The van der Waals surface area contributed by atoms with Crippen molar-refractivity contribution in [2.24, 2.45) is 5.73 Å². The molecule has 68 valence electrons. The summed E-state index contributed by atoms with van der Waals surface area (Å²) < 4.78 is 0. The van der Waals surface area contributed by atoms with E-state index in [9.17, 15) is 0 Å². The van der Waals surface area contributed by atoms with Gasteiger partial charge in [0.25, 0.3) is 0 Å². The minimum Gasteiger partial charge on any atom is -0.377 e. The second kappa shape index (κ2) is 12.2. The molecule has 0 aliphatic rings. The van der Waals surface area contributed by atoms with Gasteiger partial charge in [-0.2, -0.15) is 0 Å². The molecular formula is C9H22N2. The van der Waals surface area contributed by atoms with Gasteiger partial charge in [-0.3, -0.25) is 0 Å². The molecule has 0 bridgehead atoms. The summed E-state index contributed by atoms with van der Waals surface area (Å²) in [7, 11) is 0. The van der Waals surface area contributed by atoms with E-state index in [-0.39, 0.29) is 0 Å². The zero-order valence-corrected chi connectivity index (χ0v) is 8.14. The number of nitrogens with zero attached hydrogens (tertiary/aromatic N) is 1. The summed E-state index contributed by atoms with van der Waals surface area (Å²) >= 11 is 0. The van der Waals surface area contributed by atoms with Gasteiger partial charge in [-0.15, -0.1) is 0 Å². The van der Waals surface area contributed by atoms with Crippen LogP contribution in [0.1, 0.15) is 27.2 Å². The first kappa shape index (κ1) is 13.1. The quantitative estimate of drug-likeness (QED) is 0.661. The zero-order valence-electron chi connectivity index (χ0n) is 8.14. The van der Waals surface area contributed by atoms with Crippen molar-refractivity contribution in [1.82, 2.24) is 4.90 Å². The standard InChI is InChI=1S/C7H16N2.C2H6/c1-3-6-9(4-2)7-5-8;1-2/h4H,2-3,5-8H2,1H3;1-2H3. The van der Waals surface area contributed by atoms with Gasteiger partial charge < -0.3 is 10.6 Å². The number of hydrogen-bond acceptors (Lipinski definition) is 2. The molecule has 0 aromatic carbocycles. The van der Waals surface area contributed by atoms with Crippen LogP contribution in [0.15, 0.2) is 12.8 Å². The number of nitrogens with two attached hydrogens (primary N) is 1. The second-order valence-corrected chi connectivity index (χ2v) is 2.01. The summed E-state index contributed by atoms with van der Waals surface area (Å²) in [6.07, 6.45) is 3.00. The van der Waals surface area contributed by atoms with Crippen LogP contribution in [0, 0.1) is 0 Å². The molecule has 0 unspecified atom stereocenters. The van der Waals surface area contributed by atoms with Crippen LogP contribution in [0.2, 0.25) is 0 Å². The predicted octanol–water partition coefficient (Wildman–Crippen LogP) is 1.83. The van der Waals surface area contributed by atoms with Gasteiger partial charge in [0.2, 0.25) is 0 Å². The molecule has 0 saturated heterocycles. The van der Waals surface area contributed by atoms with E-state index in [1.807, 2.05) is 20.0 Å². The van der Waals surface area contributed by atoms with Gasteiger partial charge in [-0.25, -0.2) is 0 Å². The summed E-state index contributed by atoms with van der Waals surface area (Å²) in [4.78, 5) is 2.12. The molecule has 0 rings (SSSR count). The van der Waals surface area contributed by atoms with Crippen molar-refractivity contribution in [1.29, 1.82) is 0 Å². The maximum Gasteiger partial charge on any atom is 0.0295 e. The predicted molar refractivity (Wildman–Crippen MR) is 52.5 cm³/mol. The van der Waals surface area contributed by atoms with Gasteiger partial charge >= 0.3 is 0 Å². The Balaban J connectivity index is 0. The van der Waals surface area contributed by atoms with Gasteiger partial charge in [0, 0.05) is 19.6 Å². The molecule has 0 saturated carbocycles. The highest BCUT2D eigenvalue weighted by molar-refractivity contribution is 4.69. The Bertz CT molecular complexity index is 66.0. The molecule has 2 nitrogen and oxygen atoms in total. The lowest BCUT2D eigenvalue weighted by Gasteiger charge is -2.16. The van der Waals surface area contributed by atoms with Crippen molar-refractivity contribution in [3.8, 4) is 0 Å². The molecule has 0 heterocycles. The molecule has 0 radical (unpaired) electrons. The van der Waals surface area contributed by atoms with Crippen molar-refractivity contribution in [3.63, 3.8) is 0 Å². The van der Waals surface area contributed by atoms with Gasteiger partial charge in [-0.1, -0.05) is 27.4 Å². The van der Waals surface area contributed by atoms with Gasteiger partial charge in [-0.05, 0) is 12.6 Å². The Hall–Kier alpha value is -0.500. The van der Waals surface area contributed by atoms with Crippen molar-refractivity contribution < 1.29 is 0 Å². The summed E-state index contributed by atoms with van der Waals surface area (Å²) in [5.74, 6) is 0. The Morgan fingerprint density at radius 2 is 1.91 bits per heavy atom. The average molecular weight is 158 g/mol. The minimum absolute atomic E-state index is 0.714. The lowest BCUT2D eigenvalue weighted by Crippen LogP contribution is -2.24. The molecule has 0 atom stereocenters. The van der Waals surface area contributed by atoms with Crippen LogP contribution < -0.4 is 5.73 Å². The van der Waals surface area contributed by atoms with Gasteiger partial charge in [0.1, 0.15) is 0 Å². The maximum absolute atomic E-state index is 5.35. The maximum atomic E-state index is 5.35. The van der Waals surface area contributed by atoms with Gasteiger partial charge in [0.15, 0.2) is 0 Å².